The van der Waals surface area contributed by atoms with Crippen molar-refractivity contribution in [3.05, 3.63) is 65.2 Å². The van der Waals surface area contributed by atoms with E-state index < -0.39 is 5.97 Å². The normalized spacial score (nSPS) is 11.0. The molecule has 0 heterocycles. The monoisotopic (exact) mass is 325 g/mol. The fourth-order valence-corrected chi connectivity index (χ4v) is 2.13. The SMILES string of the molecule is CC(C)c1ccc(/C=C/C(=O)Nc2ccc(O)c(C(=O)O)c2)cc1. The second kappa shape index (κ2) is 7.46. The largest absolute Gasteiger partial charge is 0.507 e. The average molecular weight is 325 g/mol. The molecule has 1 amide bonds. The van der Waals surface area contributed by atoms with Gasteiger partial charge in [-0.1, -0.05) is 38.1 Å². The van der Waals surface area contributed by atoms with Gasteiger partial charge in [-0.15, -0.1) is 0 Å². The number of amides is 1. The molecule has 0 saturated carbocycles. The van der Waals surface area contributed by atoms with Gasteiger partial charge in [0.15, 0.2) is 0 Å². The summed E-state index contributed by atoms with van der Waals surface area (Å²) in [6, 6.07) is 11.8. The van der Waals surface area contributed by atoms with Crippen LogP contribution in [0.2, 0.25) is 0 Å². The fraction of sp³-hybridized carbons (Fsp3) is 0.158. The van der Waals surface area contributed by atoms with E-state index >= 15 is 0 Å². The van der Waals surface area contributed by atoms with Crippen LogP contribution in [0.5, 0.6) is 5.75 Å². The lowest BCUT2D eigenvalue weighted by molar-refractivity contribution is -0.111. The van der Waals surface area contributed by atoms with Gasteiger partial charge in [-0.2, -0.15) is 0 Å². The molecular formula is C19H19NO4. The Kier molecular flexibility index (Phi) is 5.37. The Morgan fingerprint density at radius 3 is 2.33 bits per heavy atom. The maximum absolute atomic E-state index is 11.9. The molecule has 0 saturated heterocycles. The van der Waals surface area contributed by atoms with Gasteiger partial charge in [-0.05, 0) is 41.3 Å². The molecule has 0 bridgehead atoms. The molecule has 5 heteroatoms. The molecule has 0 radical (unpaired) electrons. The van der Waals surface area contributed by atoms with E-state index in [4.69, 9.17) is 5.11 Å². The molecule has 0 aliphatic rings. The number of carboxylic acids is 1. The molecule has 2 aromatic rings. The standard InChI is InChI=1S/C19H19NO4/c1-12(2)14-6-3-13(4-7-14)5-10-18(22)20-15-8-9-17(21)16(11-15)19(23)24/h3-12,21H,1-2H3,(H,20,22)(H,23,24)/b10-5+. The summed E-state index contributed by atoms with van der Waals surface area (Å²) in [4.78, 5) is 22.9. The van der Waals surface area contributed by atoms with Crippen LogP contribution in [-0.4, -0.2) is 22.1 Å². The average Bonchev–Trinajstić information content (AvgIpc) is 2.55. The second-order valence-corrected chi connectivity index (χ2v) is 5.68. The van der Waals surface area contributed by atoms with Crippen molar-refractivity contribution in [2.45, 2.75) is 19.8 Å². The summed E-state index contributed by atoms with van der Waals surface area (Å²) in [6.07, 6.45) is 3.05. The van der Waals surface area contributed by atoms with Gasteiger partial charge in [0.1, 0.15) is 11.3 Å². The Balaban J connectivity index is 2.05. The molecule has 0 unspecified atom stereocenters. The number of aromatic carboxylic acids is 1. The van der Waals surface area contributed by atoms with Crippen molar-refractivity contribution in [2.24, 2.45) is 0 Å². The second-order valence-electron chi connectivity index (χ2n) is 5.68. The molecule has 5 nitrogen and oxygen atoms in total. The van der Waals surface area contributed by atoms with E-state index in [0.29, 0.717) is 11.6 Å². The van der Waals surface area contributed by atoms with Crippen molar-refractivity contribution >= 4 is 23.6 Å². The zero-order valence-corrected chi connectivity index (χ0v) is 13.5. The van der Waals surface area contributed by atoms with Crippen molar-refractivity contribution in [1.29, 1.82) is 0 Å². The first-order chi connectivity index (χ1) is 11.4. The highest BCUT2D eigenvalue weighted by atomic mass is 16.4. The minimum Gasteiger partial charge on any atom is -0.507 e. The van der Waals surface area contributed by atoms with Crippen LogP contribution in [0.15, 0.2) is 48.5 Å². The minimum atomic E-state index is -1.26. The van der Waals surface area contributed by atoms with Crippen LogP contribution in [0.3, 0.4) is 0 Å². The number of carboxylic acid groups (broad SMARTS) is 1. The van der Waals surface area contributed by atoms with E-state index in [-0.39, 0.29) is 17.2 Å². The topological polar surface area (TPSA) is 86.6 Å². The summed E-state index contributed by atoms with van der Waals surface area (Å²) in [6.45, 7) is 4.22. The molecule has 0 aliphatic heterocycles. The molecule has 3 N–H and O–H groups in total. The summed E-state index contributed by atoms with van der Waals surface area (Å²) in [5.74, 6) is -1.54. The smallest absolute Gasteiger partial charge is 0.339 e. The summed E-state index contributed by atoms with van der Waals surface area (Å²) in [7, 11) is 0. The lowest BCUT2D eigenvalue weighted by Crippen LogP contribution is -2.08. The maximum Gasteiger partial charge on any atom is 0.339 e. The Hall–Kier alpha value is -3.08. The van der Waals surface area contributed by atoms with Gasteiger partial charge < -0.3 is 15.5 Å². The zero-order chi connectivity index (χ0) is 17.7. The number of anilines is 1. The molecule has 2 aromatic carbocycles. The van der Waals surface area contributed by atoms with Gasteiger partial charge in [0.25, 0.3) is 0 Å². The number of nitrogens with one attached hydrogen (secondary N) is 1. The van der Waals surface area contributed by atoms with Gasteiger partial charge in [-0.3, -0.25) is 4.79 Å². The first-order valence-electron chi connectivity index (χ1n) is 7.52. The van der Waals surface area contributed by atoms with E-state index in [9.17, 15) is 14.7 Å². The highest BCUT2D eigenvalue weighted by Crippen LogP contribution is 2.21. The van der Waals surface area contributed by atoms with Crippen LogP contribution in [0.1, 0.15) is 41.3 Å². The Morgan fingerprint density at radius 1 is 1.08 bits per heavy atom. The third-order valence-corrected chi connectivity index (χ3v) is 3.52. The number of hydrogen-bond acceptors (Lipinski definition) is 3. The third-order valence-electron chi connectivity index (χ3n) is 3.52. The highest BCUT2D eigenvalue weighted by molar-refractivity contribution is 6.03. The third kappa shape index (κ3) is 4.46. The minimum absolute atomic E-state index is 0.263. The maximum atomic E-state index is 11.9. The first-order valence-corrected chi connectivity index (χ1v) is 7.52. The van der Waals surface area contributed by atoms with Crippen molar-refractivity contribution in [1.82, 2.24) is 0 Å². The lowest BCUT2D eigenvalue weighted by Gasteiger charge is -2.06. The molecule has 0 aliphatic carbocycles. The summed E-state index contributed by atoms with van der Waals surface area (Å²) >= 11 is 0. The van der Waals surface area contributed by atoms with Crippen molar-refractivity contribution in [3.63, 3.8) is 0 Å². The number of carbonyl (C=O) groups is 2. The first kappa shape index (κ1) is 17.3. The van der Waals surface area contributed by atoms with E-state index in [0.717, 1.165) is 5.56 Å². The number of benzene rings is 2. The van der Waals surface area contributed by atoms with Gasteiger partial charge in [-0.25, -0.2) is 4.79 Å². The van der Waals surface area contributed by atoms with E-state index in [1.54, 1.807) is 6.08 Å². The summed E-state index contributed by atoms with van der Waals surface area (Å²) in [5.41, 5.74) is 2.16. The number of carbonyl (C=O) groups excluding carboxylic acids is 1. The molecule has 0 atom stereocenters. The Morgan fingerprint density at radius 2 is 1.75 bits per heavy atom. The number of rotatable bonds is 5. The zero-order valence-electron chi connectivity index (χ0n) is 13.5. The van der Waals surface area contributed by atoms with Gasteiger partial charge in [0, 0.05) is 11.8 Å². The van der Waals surface area contributed by atoms with E-state index in [2.05, 4.69) is 19.2 Å². The highest BCUT2D eigenvalue weighted by Gasteiger charge is 2.10. The molecular weight excluding hydrogens is 306 g/mol. The Bertz CT molecular complexity index is 776. The molecule has 2 rings (SSSR count). The van der Waals surface area contributed by atoms with Crippen LogP contribution in [0.25, 0.3) is 6.08 Å². The molecule has 0 fully saturated rings. The predicted octanol–water partition coefficient (Wildman–Crippen LogP) is 3.87. The summed E-state index contributed by atoms with van der Waals surface area (Å²) < 4.78 is 0. The van der Waals surface area contributed by atoms with Crippen molar-refractivity contribution in [3.8, 4) is 5.75 Å². The number of phenols is 1. The van der Waals surface area contributed by atoms with Crippen LogP contribution in [0, 0.1) is 0 Å². The van der Waals surface area contributed by atoms with Crippen LogP contribution >= 0.6 is 0 Å². The van der Waals surface area contributed by atoms with Gasteiger partial charge in [0.2, 0.25) is 5.91 Å². The Labute approximate surface area is 140 Å². The fourth-order valence-electron chi connectivity index (χ4n) is 2.13. The molecule has 124 valence electrons. The van der Waals surface area contributed by atoms with Crippen LogP contribution < -0.4 is 5.32 Å². The van der Waals surface area contributed by atoms with Crippen molar-refractivity contribution < 1.29 is 19.8 Å². The lowest BCUT2D eigenvalue weighted by atomic mass is 10.0. The number of aromatic hydroxyl groups is 1. The molecule has 24 heavy (non-hydrogen) atoms. The number of hydrogen-bond donors (Lipinski definition) is 3. The van der Waals surface area contributed by atoms with E-state index in [1.807, 2.05) is 24.3 Å². The molecule has 0 aromatic heterocycles. The van der Waals surface area contributed by atoms with E-state index in [1.165, 1.54) is 29.8 Å². The van der Waals surface area contributed by atoms with Gasteiger partial charge in [0.05, 0.1) is 0 Å². The van der Waals surface area contributed by atoms with Crippen LogP contribution in [-0.2, 0) is 4.79 Å². The quantitative estimate of drug-likeness (QED) is 0.575. The predicted molar refractivity (Wildman–Crippen MR) is 93.3 cm³/mol. The van der Waals surface area contributed by atoms with Crippen molar-refractivity contribution in [2.75, 3.05) is 5.32 Å². The van der Waals surface area contributed by atoms with Crippen LogP contribution in [0.4, 0.5) is 5.69 Å². The molecule has 0 spiro atoms. The summed E-state index contributed by atoms with van der Waals surface area (Å²) in [5, 5.41) is 21.0. The van der Waals surface area contributed by atoms with Gasteiger partial charge >= 0.3 is 5.97 Å².